The second-order valence-electron chi connectivity index (χ2n) is 5.17. The summed E-state index contributed by atoms with van der Waals surface area (Å²) in [6.07, 6.45) is 0. The van der Waals surface area contributed by atoms with E-state index in [-0.39, 0.29) is 17.2 Å². The molecule has 1 aromatic carbocycles. The van der Waals surface area contributed by atoms with Crippen molar-refractivity contribution in [1.29, 1.82) is 0 Å². The molecular weight excluding hydrogens is 376 g/mol. The molecule has 2 aromatic heterocycles. The molecule has 2 amide bonds. The van der Waals surface area contributed by atoms with Crippen LogP contribution in [0.1, 0.15) is 17.3 Å². The number of carbonyl (C=O) groups excluding carboxylic acids is 2. The summed E-state index contributed by atoms with van der Waals surface area (Å²) < 4.78 is 1.47. The van der Waals surface area contributed by atoms with Crippen molar-refractivity contribution in [2.75, 3.05) is 5.32 Å². The minimum atomic E-state index is -0.599. The van der Waals surface area contributed by atoms with Crippen molar-refractivity contribution in [2.45, 2.75) is 17.3 Å². The van der Waals surface area contributed by atoms with Gasteiger partial charge in [-0.05, 0) is 53.1 Å². The quantitative estimate of drug-likeness (QED) is 0.544. The lowest BCUT2D eigenvalue weighted by Gasteiger charge is -2.11. The van der Waals surface area contributed by atoms with Crippen molar-refractivity contribution in [3.8, 4) is 11.4 Å². The van der Waals surface area contributed by atoms with Crippen molar-refractivity contribution in [2.24, 2.45) is 5.73 Å². The lowest BCUT2D eigenvalue weighted by molar-refractivity contribution is -0.115. The van der Waals surface area contributed by atoms with E-state index in [0.717, 1.165) is 11.8 Å². The Morgan fingerprint density at radius 2 is 2.04 bits per heavy atom. The van der Waals surface area contributed by atoms with Gasteiger partial charge in [-0.25, -0.2) is 0 Å². The maximum absolute atomic E-state index is 12.4. The van der Waals surface area contributed by atoms with Gasteiger partial charge in [0.25, 0.3) is 5.91 Å². The molecular formula is C15H14N6O3S2. The Morgan fingerprint density at radius 1 is 1.31 bits per heavy atom. The lowest BCUT2D eigenvalue weighted by Crippen LogP contribution is -2.24. The number of nitrogens with one attached hydrogen (secondary N) is 1. The van der Waals surface area contributed by atoms with Crippen LogP contribution in [0.25, 0.3) is 5.69 Å². The van der Waals surface area contributed by atoms with Gasteiger partial charge in [-0.3, -0.25) is 9.59 Å². The molecule has 1 atom stereocenters. The van der Waals surface area contributed by atoms with E-state index < -0.39 is 11.2 Å². The lowest BCUT2D eigenvalue weighted by atomic mass is 10.3. The summed E-state index contributed by atoms with van der Waals surface area (Å²) in [6.45, 7) is 1.70. The Hall–Kier alpha value is -2.92. The number of benzene rings is 1. The molecule has 9 nitrogen and oxygen atoms in total. The van der Waals surface area contributed by atoms with Crippen LogP contribution in [0.15, 0.2) is 40.9 Å². The van der Waals surface area contributed by atoms with Gasteiger partial charge in [-0.1, -0.05) is 11.8 Å². The fraction of sp³-hybridized carbons (Fsp3) is 0.133. The number of phenols is 1. The van der Waals surface area contributed by atoms with Gasteiger partial charge >= 0.3 is 0 Å². The number of thiophene rings is 1. The van der Waals surface area contributed by atoms with E-state index in [0.29, 0.717) is 15.8 Å². The van der Waals surface area contributed by atoms with Crippen molar-refractivity contribution in [3.63, 3.8) is 0 Å². The first-order chi connectivity index (χ1) is 12.5. The van der Waals surface area contributed by atoms with Crippen molar-refractivity contribution in [3.05, 3.63) is 41.3 Å². The number of amides is 2. The number of tetrazole rings is 1. The zero-order valence-electron chi connectivity index (χ0n) is 13.5. The van der Waals surface area contributed by atoms with Crippen LogP contribution in [0.4, 0.5) is 5.00 Å². The Bertz CT molecular complexity index is 937. The first kappa shape index (κ1) is 17.9. The first-order valence-corrected chi connectivity index (χ1v) is 9.14. The SMILES string of the molecule is C[C@H](Sc1nnnn1-c1ccc(O)cc1)C(=O)Nc1sccc1C(N)=O. The predicted octanol–water partition coefficient (Wildman–Crippen LogP) is 1.65. The number of rotatable bonds is 6. The van der Waals surface area contributed by atoms with E-state index in [1.165, 1.54) is 28.2 Å². The summed E-state index contributed by atoms with van der Waals surface area (Å²) in [5, 5.41) is 25.5. The molecule has 0 aliphatic heterocycles. The maximum atomic E-state index is 12.4. The third-order valence-electron chi connectivity index (χ3n) is 3.35. The Labute approximate surface area is 156 Å². The number of thioether (sulfide) groups is 1. The van der Waals surface area contributed by atoms with E-state index >= 15 is 0 Å². The van der Waals surface area contributed by atoms with Crippen LogP contribution in [0, 0.1) is 0 Å². The molecule has 0 saturated heterocycles. The number of phenolic OH excluding ortho intramolecular Hbond substituents is 1. The van der Waals surface area contributed by atoms with Crippen LogP contribution in [0.5, 0.6) is 5.75 Å². The Morgan fingerprint density at radius 3 is 2.73 bits per heavy atom. The highest BCUT2D eigenvalue weighted by Crippen LogP contribution is 2.27. The van der Waals surface area contributed by atoms with Gasteiger partial charge in [0.05, 0.1) is 16.5 Å². The van der Waals surface area contributed by atoms with Gasteiger partial charge in [0, 0.05) is 0 Å². The molecule has 0 fully saturated rings. The molecule has 0 aliphatic carbocycles. The molecule has 0 radical (unpaired) electrons. The topological polar surface area (TPSA) is 136 Å². The van der Waals surface area contributed by atoms with Crippen LogP contribution in [0.3, 0.4) is 0 Å². The van der Waals surface area contributed by atoms with E-state index in [2.05, 4.69) is 20.8 Å². The number of nitrogens with two attached hydrogens (primary N) is 1. The zero-order valence-corrected chi connectivity index (χ0v) is 15.1. The standard InChI is InChI=1S/C15H14N6O3S2/c1-8(13(24)17-14-11(12(16)23)6-7-25-14)26-15-18-19-20-21(15)9-2-4-10(22)5-3-9/h2-8,22H,1H3,(H2,16,23)(H,17,24)/t8-/m0/s1. The third-order valence-corrected chi connectivity index (χ3v) is 5.22. The Balaban J connectivity index is 1.72. The van der Waals surface area contributed by atoms with Gasteiger partial charge in [-0.2, -0.15) is 4.68 Å². The van der Waals surface area contributed by atoms with Crippen molar-refractivity contribution in [1.82, 2.24) is 20.2 Å². The molecule has 0 aliphatic rings. The number of aromatic nitrogens is 4. The van der Waals surface area contributed by atoms with Gasteiger partial charge in [-0.15, -0.1) is 16.4 Å². The van der Waals surface area contributed by atoms with E-state index in [9.17, 15) is 14.7 Å². The molecule has 0 spiro atoms. The normalized spacial score (nSPS) is 11.9. The molecule has 3 aromatic rings. The van der Waals surface area contributed by atoms with Gasteiger partial charge < -0.3 is 16.2 Å². The molecule has 3 rings (SSSR count). The highest BCUT2D eigenvalue weighted by Gasteiger charge is 2.21. The fourth-order valence-electron chi connectivity index (χ4n) is 2.03. The summed E-state index contributed by atoms with van der Waals surface area (Å²) in [5.74, 6) is -0.775. The number of aromatic hydroxyl groups is 1. The van der Waals surface area contributed by atoms with Crippen LogP contribution in [0.2, 0.25) is 0 Å². The molecule has 0 bridgehead atoms. The molecule has 2 heterocycles. The first-order valence-electron chi connectivity index (χ1n) is 7.38. The van der Waals surface area contributed by atoms with Crippen molar-refractivity contribution < 1.29 is 14.7 Å². The number of hydrogen-bond acceptors (Lipinski definition) is 8. The van der Waals surface area contributed by atoms with Crippen LogP contribution in [-0.2, 0) is 4.79 Å². The minimum Gasteiger partial charge on any atom is -0.508 e. The van der Waals surface area contributed by atoms with Gasteiger partial charge in [0.15, 0.2) is 0 Å². The summed E-state index contributed by atoms with van der Waals surface area (Å²) in [4.78, 5) is 23.8. The molecule has 0 saturated carbocycles. The average Bonchev–Trinajstić information content (AvgIpc) is 3.25. The highest BCUT2D eigenvalue weighted by molar-refractivity contribution is 8.00. The number of nitrogens with zero attached hydrogens (tertiary/aromatic N) is 4. The van der Waals surface area contributed by atoms with Crippen LogP contribution >= 0.6 is 23.1 Å². The minimum absolute atomic E-state index is 0.130. The fourth-order valence-corrected chi connectivity index (χ4v) is 3.64. The molecule has 0 unspecified atom stereocenters. The van der Waals surface area contributed by atoms with Gasteiger partial charge in [0.2, 0.25) is 11.1 Å². The third kappa shape index (κ3) is 3.83. The second-order valence-corrected chi connectivity index (χ2v) is 7.39. The number of hydrogen-bond donors (Lipinski definition) is 3. The molecule has 134 valence electrons. The summed E-state index contributed by atoms with van der Waals surface area (Å²) in [6, 6.07) is 7.91. The van der Waals surface area contributed by atoms with Crippen molar-refractivity contribution >= 4 is 39.9 Å². The van der Waals surface area contributed by atoms with E-state index in [1.54, 1.807) is 30.5 Å². The zero-order chi connectivity index (χ0) is 18.7. The van der Waals surface area contributed by atoms with Crippen LogP contribution < -0.4 is 11.1 Å². The van der Waals surface area contributed by atoms with Gasteiger partial charge in [0.1, 0.15) is 10.8 Å². The summed E-state index contributed by atoms with van der Waals surface area (Å²) in [7, 11) is 0. The molecule has 11 heteroatoms. The largest absolute Gasteiger partial charge is 0.508 e. The number of primary amides is 1. The molecule has 4 N–H and O–H groups in total. The van der Waals surface area contributed by atoms with E-state index in [1.807, 2.05) is 0 Å². The highest BCUT2D eigenvalue weighted by atomic mass is 32.2. The number of anilines is 1. The molecule has 26 heavy (non-hydrogen) atoms. The number of carbonyl (C=O) groups is 2. The monoisotopic (exact) mass is 390 g/mol. The van der Waals surface area contributed by atoms with Crippen LogP contribution in [-0.4, -0.2) is 42.4 Å². The smallest absolute Gasteiger partial charge is 0.251 e. The second kappa shape index (κ2) is 7.54. The summed E-state index contributed by atoms with van der Waals surface area (Å²) in [5.41, 5.74) is 6.20. The maximum Gasteiger partial charge on any atom is 0.251 e. The summed E-state index contributed by atoms with van der Waals surface area (Å²) >= 11 is 2.38. The predicted molar refractivity (Wildman–Crippen MR) is 97.6 cm³/mol. The average molecular weight is 390 g/mol. The Kier molecular flexibility index (Phi) is 5.19. The van der Waals surface area contributed by atoms with E-state index in [4.69, 9.17) is 5.73 Å².